The summed E-state index contributed by atoms with van der Waals surface area (Å²) >= 11 is 0. The van der Waals surface area contributed by atoms with E-state index in [4.69, 9.17) is 0 Å². The number of aliphatic hydroxyl groups is 1. The van der Waals surface area contributed by atoms with Gasteiger partial charge in [-0.05, 0) is 44.1 Å². The molecule has 0 aromatic rings. The summed E-state index contributed by atoms with van der Waals surface area (Å²) in [6.07, 6.45) is 2.37. The van der Waals surface area contributed by atoms with E-state index in [0.717, 1.165) is 25.8 Å². The van der Waals surface area contributed by atoms with Crippen molar-refractivity contribution in [3.8, 4) is 0 Å². The zero-order valence-corrected chi connectivity index (χ0v) is 20.2. The molecule has 29 heavy (non-hydrogen) atoms. The maximum absolute atomic E-state index is 12.5. The summed E-state index contributed by atoms with van der Waals surface area (Å²) in [6.45, 7) is 14.4. The Balaban J connectivity index is 4.72. The maximum Gasteiger partial charge on any atom is 0.221 e. The molecule has 2 atom stereocenters. The SMILES string of the molecule is CCCN(CCC)S(=O)(=O)CCC(=O)N[C@@H](CC(C)C)[C@H](O)CNCCC(C)C. The average molecular weight is 436 g/mol. The van der Waals surface area contributed by atoms with Gasteiger partial charge in [0.1, 0.15) is 0 Å². The first-order valence-electron chi connectivity index (χ1n) is 11.2. The molecule has 0 aromatic heterocycles. The van der Waals surface area contributed by atoms with Gasteiger partial charge in [0.05, 0.1) is 17.9 Å². The zero-order valence-electron chi connectivity index (χ0n) is 19.4. The van der Waals surface area contributed by atoms with E-state index in [2.05, 4.69) is 24.5 Å². The van der Waals surface area contributed by atoms with Gasteiger partial charge in [0.25, 0.3) is 0 Å². The molecule has 0 rings (SSSR count). The molecule has 3 N–H and O–H groups in total. The van der Waals surface area contributed by atoms with E-state index in [0.29, 0.717) is 37.9 Å². The van der Waals surface area contributed by atoms with E-state index in [9.17, 15) is 18.3 Å². The summed E-state index contributed by atoms with van der Waals surface area (Å²) < 4.78 is 26.5. The minimum atomic E-state index is -3.45. The third-order valence-corrected chi connectivity index (χ3v) is 6.59. The smallest absolute Gasteiger partial charge is 0.221 e. The highest BCUT2D eigenvalue weighted by atomic mass is 32.2. The normalized spacial score (nSPS) is 14.6. The van der Waals surface area contributed by atoms with Gasteiger partial charge < -0.3 is 15.7 Å². The van der Waals surface area contributed by atoms with Gasteiger partial charge >= 0.3 is 0 Å². The predicted molar refractivity (Wildman–Crippen MR) is 120 cm³/mol. The van der Waals surface area contributed by atoms with Crippen LogP contribution in [0.1, 0.15) is 73.6 Å². The Bertz CT molecular complexity index is 532. The standard InChI is InChI=1S/C21H45N3O4S/c1-7-12-24(13-8-2)29(27,28)14-10-21(26)23-19(15-18(5)6)20(25)16-22-11-9-17(3)4/h17-20,22,25H,7-16H2,1-6H3,(H,23,26)/t19-,20+/m0/s1. The van der Waals surface area contributed by atoms with Crippen LogP contribution in [-0.4, -0.2) is 67.8 Å². The third-order valence-electron chi connectivity index (χ3n) is 4.71. The molecule has 0 heterocycles. The second-order valence-corrected chi connectivity index (χ2v) is 10.8. The summed E-state index contributed by atoms with van der Waals surface area (Å²) in [4.78, 5) is 12.4. The second-order valence-electron chi connectivity index (χ2n) is 8.72. The number of hydrogen-bond donors (Lipinski definition) is 3. The molecule has 0 aliphatic heterocycles. The van der Waals surface area contributed by atoms with Crippen molar-refractivity contribution < 1.29 is 18.3 Å². The van der Waals surface area contributed by atoms with Crippen molar-refractivity contribution in [1.29, 1.82) is 0 Å². The first-order chi connectivity index (χ1) is 13.5. The number of amides is 1. The van der Waals surface area contributed by atoms with Crippen LogP contribution in [0.4, 0.5) is 0 Å². The molecule has 0 aliphatic rings. The van der Waals surface area contributed by atoms with Crippen LogP contribution in [0, 0.1) is 11.8 Å². The Morgan fingerprint density at radius 1 is 1.03 bits per heavy atom. The van der Waals surface area contributed by atoms with Gasteiger partial charge in [0.15, 0.2) is 0 Å². The lowest BCUT2D eigenvalue weighted by molar-refractivity contribution is -0.122. The van der Waals surface area contributed by atoms with Gasteiger partial charge in [-0.3, -0.25) is 4.79 Å². The quantitative estimate of drug-likeness (QED) is 0.305. The van der Waals surface area contributed by atoms with Gasteiger partial charge in [0, 0.05) is 26.1 Å². The molecule has 0 fully saturated rings. The van der Waals surface area contributed by atoms with E-state index < -0.39 is 16.1 Å². The van der Waals surface area contributed by atoms with E-state index in [-0.39, 0.29) is 24.1 Å². The van der Waals surface area contributed by atoms with Crippen LogP contribution in [0.3, 0.4) is 0 Å². The van der Waals surface area contributed by atoms with Crippen molar-refractivity contribution in [3.63, 3.8) is 0 Å². The van der Waals surface area contributed by atoms with Crippen LogP contribution >= 0.6 is 0 Å². The lowest BCUT2D eigenvalue weighted by atomic mass is 9.98. The van der Waals surface area contributed by atoms with Crippen molar-refractivity contribution in [2.75, 3.05) is 31.9 Å². The number of sulfonamides is 1. The average Bonchev–Trinajstić information content (AvgIpc) is 2.62. The summed E-state index contributed by atoms with van der Waals surface area (Å²) in [5.41, 5.74) is 0. The number of aliphatic hydroxyl groups excluding tert-OH is 1. The number of carbonyl (C=O) groups is 1. The minimum absolute atomic E-state index is 0.0889. The van der Waals surface area contributed by atoms with Crippen LogP contribution in [0.25, 0.3) is 0 Å². The van der Waals surface area contributed by atoms with Gasteiger partial charge in [-0.15, -0.1) is 0 Å². The van der Waals surface area contributed by atoms with Crippen LogP contribution in [0.5, 0.6) is 0 Å². The molecule has 7 nitrogen and oxygen atoms in total. The molecular weight excluding hydrogens is 390 g/mol. The highest BCUT2D eigenvalue weighted by molar-refractivity contribution is 7.89. The molecule has 0 saturated carbocycles. The van der Waals surface area contributed by atoms with Gasteiger partial charge in [-0.25, -0.2) is 12.7 Å². The molecule has 8 heteroatoms. The Labute approximate surface area is 179 Å². The van der Waals surface area contributed by atoms with Crippen LogP contribution in [0.2, 0.25) is 0 Å². The lowest BCUT2D eigenvalue weighted by Gasteiger charge is -2.26. The van der Waals surface area contributed by atoms with E-state index in [1.54, 1.807) is 0 Å². The molecular formula is C21H45N3O4S. The largest absolute Gasteiger partial charge is 0.390 e. The molecule has 174 valence electrons. The van der Waals surface area contributed by atoms with E-state index in [1.165, 1.54) is 4.31 Å². The zero-order chi connectivity index (χ0) is 22.4. The molecule has 0 bridgehead atoms. The first kappa shape index (κ1) is 28.3. The van der Waals surface area contributed by atoms with Crippen molar-refractivity contribution in [3.05, 3.63) is 0 Å². The molecule has 0 aliphatic carbocycles. The molecule has 0 unspecified atom stereocenters. The number of nitrogens with zero attached hydrogens (tertiary/aromatic N) is 1. The molecule has 0 aromatic carbocycles. The summed E-state index contributed by atoms with van der Waals surface area (Å²) in [5, 5.41) is 16.6. The monoisotopic (exact) mass is 435 g/mol. The maximum atomic E-state index is 12.5. The molecule has 0 radical (unpaired) electrons. The highest BCUT2D eigenvalue weighted by Crippen LogP contribution is 2.10. The van der Waals surface area contributed by atoms with Crippen LogP contribution in [-0.2, 0) is 14.8 Å². The fourth-order valence-electron chi connectivity index (χ4n) is 3.12. The summed E-state index contributed by atoms with van der Waals surface area (Å²) in [7, 11) is -3.45. The number of rotatable bonds is 17. The van der Waals surface area contributed by atoms with Gasteiger partial charge in [-0.1, -0.05) is 41.5 Å². The van der Waals surface area contributed by atoms with Gasteiger partial charge in [0.2, 0.25) is 15.9 Å². The van der Waals surface area contributed by atoms with E-state index >= 15 is 0 Å². The fraction of sp³-hybridized carbons (Fsp3) is 0.952. The number of carbonyl (C=O) groups excluding carboxylic acids is 1. The van der Waals surface area contributed by atoms with Crippen molar-refractivity contribution >= 4 is 15.9 Å². The van der Waals surface area contributed by atoms with Crippen molar-refractivity contribution in [2.45, 2.75) is 85.8 Å². The lowest BCUT2D eigenvalue weighted by Crippen LogP contribution is -2.48. The molecule has 1 amide bonds. The van der Waals surface area contributed by atoms with Crippen molar-refractivity contribution in [1.82, 2.24) is 14.9 Å². The predicted octanol–water partition coefficient (Wildman–Crippen LogP) is 2.36. The van der Waals surface area contributed by atoms with Crippen LogP contribution < -0.4 is 10.6 Å². The number of nitrogens with one attached hydrogen (secondary N) is 2. The summed E-state index contributed by atoms with van der Waals surface area (Å²) in [5.74, 6) is 0.371. The molecule has 0 saturated heterocycles. The first-order valence-corrected chi connectivity index (χ1v) is 12.8. The second kappa shape index (κ2) is 15.2. The van der Waals surface area contributed by atoms with Gasteiger partial charge in [-0.2, -0.15) is 0 Å². The fourth-order valence-corrected chi connectivity index (χ4v) is 4.74. The third kappa shape index (κ3) is 13.3. The minimum Gasteiger partial charge on any atom is -0.390 e. The van der Waals surface area contributed by atoms with Crippen LogP contribution in [0.15, 0.2) is 0 Å². The summed E-state index contributed by atoms with van der Waals surface area (Å²) in [6, 6.07) is -0.390. The van der Waals surface area contributed by atoms with E-state index in [1.807, 2.05) is 27.7 Å². The highest BCUT2D eigenvalue weighted by Gasteiger charge is 2.25. The van der Waals surface area contributed by atoms with Crippen molar-refractivity contribution in [2.24, 2.45) is 11.8 Å². The topological polar surface area (TPSA) is 98.7 Å². The molecule has 0 spiro atoms. The Morgan fingerprint density at radius 2 is 1.62 bits per heavy atom. The Hall–Kier alpha value is -0.700. The Morgan fingerprint density at radius 3 is 2.10 bits per heavy atom. The number of hydrogen-bond acceptors (Lipinski definition) is 5. The Kier molecular flexibility index (Phi) is 14.8.